The molecule has 11 heteroatoms. The molecule has 0 aliphatic carbocycles. The van der Waals surface area contributed by atoms with Gasteiger partial charge in [0.05, 0.1) is 0 Å². The SMILES string of the molecule is O=P(O)(O)OCOP(=O)(O)O.[NaH]. The first-order valence-electron chi connectivity index (χ1n) is 2.11. The van der Waals surface area contributed by atoms with E-state index in [9.17, 15) is 9.13 Å². The molecule has 0 aromatic heterocycles. The van der Waals surface area contributed by atoms with E-state index in [2.05, 4.69) is 9.05 Å². The fourth-order valence-electron chi connectivity index (χ4n) is 0.161. The predicted octanol–water partition coefficient (Wildman–Crippen LogP) is -1.49. The Balaban J connectivity index is 0. The van der Waals surface area contributed by atoms with Crippen LogP contribution >= 0.6 is 15.6 Å². The van der Waals surface area contributed by atoms with E-state index in [0.29, 0.717) is 0 Å². The first-order valence-corrected chi connectivity index (χ1v) is 5.17. The molecule has 0 aliphatic heterocycles. The van der Waals surface area contributed by atoms with Gasteiger partial charge in [0.25, 0.3) is 0 Å². The van der Waals surface area contributed by atoms with Crippen LogP contribution in [0.5, 0.6) is 0 Å². The van der Waals surface area contributed by atoms with Crippen molar-refractivity contribution in [2.45, 2.75) is 0 Å². The van der Waals surface area contributed by atoms with E-state index in [1.807, 2.05) is 0 Å². The van der Waals surface area contributed by atoms with Crippen molar-refractivity contribution in [2.75, 3.05) is 6.79 Å². The molecular formula is CH7NaO8P2. The molecule has 0 saturated carbocycles. The molecule has 0 heterocycles. The fraction of sp³-hybridized carbons (Fsp3) is 1.00. The second-order valence-corrected chi connectivity index (χ2v) is 3.84. The normalized spacial score (nSPS) is 12.3. The van der Waals surface area contributed by atoms with Gasteiger partial charge in [0.15, 0.2) is 6.79 Å². The van der Waals surface area contributed by atoms with Gasteiger partial charge in [-0.05, 0) is 0 Å². The summed E-state index contributed by atoms with van der Waals surface area (Å²) in [6.45, 7) is -1.16. The summed E-state index contributed by atoms with van der Waals surface area (Å²) < 4.78 is 26.8. The summed E-state index contributed by atoms with van der Waals surface area (Å²) in [5.41, 5.74) is 0. The minimum absolute atomic E-state index is 0. The quantitative estimate of drug-likeness (QED) is 0.262. The summed E-state index contributed by atoms with van der Waals surface area (Å²) in [5, 5.41) is 0. The second kappa shape index (κ2) is 5.85. The van der Waals surface area contributed by atoms with Crippen LogP contribution in [0.1, 0.15) is 0 Å². The van der Waals surface area contributed by atoms with Crippen LogP contribution in [0.3, 0.4) is 0 Å². The molecule has 0 fully saturated rings. The summed E-state index contributed by atoms with van der Waals surface area (Å²) >= 11 is 0. The number of hydrogen-bond acceptors (Lipinski definition) is 4. The zero-order valence-corrected chi connectivity index (χ0v) is 6.81. The van der Waals surface area contributed by atoms with E-state index in [4.69, 9.17) is 19.6 Å². The van der Waals surface area contributed by atoms with Gasteiger partial charge in [0, 0.05) is 0 Å². The molecular weight excluding hydrogens is 225 g/mol. The third-order valence-corrected chi connectivity index (χ3v) is 1.33. The van der Waals surface area contributed by atoms with Crippen molar-refractivity contribution in [3.63, 3.8) is 0 Å². The summed E-state index contributed by atoms with van der Waals surface area (Å²) in [7, 11) is -9.44. The molecule has 0 aromatic carbocycles. The molecule has 0 spiro atoms. The topological polar surface area (TPSA) is 134 Å². The molecule has 70 valence electrons. The van der Waals surface area contributed by atoms with Crippen molar-refractivity contribution in [1.29, 1.82) is 0 Å². The first kappa shape index (κ1) is 15.7. The van der Waals surface area contributed by atoms with Crippen molar-refractivity contribution in [1.82, 2.24) is 0 Å². The third kappa shape index (κ3) is 13.8. The van der Waals surface area contributed by atoms with Crippen LogP contribution in [0.2, 0.25) is 0 Å². The Labute approximate surface area is 89.7 Å². The van der Waals surface area contributed by atoms with E-state index in [0.717, 1.165) is 0 Å². The minimum atomic E-state index is -4.72. The van der Waals surface area contributed by atoms with Crippen LogP contribution in [0.15, 0.2) is 0 Å². The summed E-state index contributed by atoms with van der Waals surface area (Å²) in [4.78, 5) is 31.9. The summed E-state index contributed by atoms with van der Waals surface area (Å²) in [5.74, 6) is 0. The zero-order chi connectivity index (χ0) is 9.12. The molecule has 0 aromatic rings. The van der Waals surface area contributed by atoms with Crippen molar-refractivity contribution in [3.05, 3.63) is 0 Å². The number of rotatable bonds is 4. The van der Waals surface area contributed by atoms with Crippen LogP contribution in [0.4, 0.5) is 0 Å². The van der Waals surface area contributed by atoms with Gasteiger partial charge in [-0.2, -0.15) is 0 Å². The van der Waals surface area contributed by atoms with E-state index in [-0.39, 0.29) is 29.6 Å². The molecule has 0 amide bonds. The molecule has 0 bridgehead atoms. The Morgan fingerprint density at radius 2 is 1.17 bits per heavy atom. The van der Waals surface area contributed by atoms with Gasteiger partial charge < -0.3 is 19.6 Å². The van der Waals surface area contributed by atoms with Gasteiger partial charge in [-0.1, -0.05) is 0 Å². The van der Waals surface area contributed by atoms with Crippen molar-refractivity contribution in [3.8, 4) is 0 Å². The molecule has 12 heavy (non-hydrogen) atoms. The summed E-state index contributed by atoms with van der Waals surface area (Å²) in [6.07, 6.45) is 0. The third-order valence-electron chi connectivity index (χ3n) is 0.442. The Hall–Kier alpha value is 1.22. The van der Waals surface area contributed by atoms with Crippen LogP contribution in [-0.2, 0) is 18.2 Å². The summed E-state index contributed by atoms with van der Waals surface area (Å²) in [6, 6.07) is 0. The second-order valence-electron chi connectivity index (χ2n) is 1.36. The van der Waals surface area contributed by atoms with Gasteiger partial charge in [0.2, 0.25) is 0 Å². The van der Waals surface area contributed by atoms with Crippen LogP contribution in [0, 0.1) is 0 Å². The van der Waals surface area contributed by atoms with E-state index in [1.54, 1.807) is 0 Å². The van der Waals surface area contributed by atoms with Gasteiger partial charge in [-0.25, -0.2) is 9.13 Å². The standard InChI is InChI=1S/CH6O8P2.Na.H/c2-10(3,4)8-1-9-11(5,6)7;;/h1H2,(H2,2,3,4)(H2,5,6,7);;. The van der Waals surface area contributed by atoms with Crippen LogP contribution in [-0.4, -0.2) is 55.9 Å². The van der Waals surface area contributed by atoms with Crippen LogP contribution in [0.25, 0.3) is 0 Å². The average molecular weight is 232 g/mol. The van der Waals surface area contributed by atoms with Gasteiger partial charge in [-0.15, -0.1) is 0 Å². The van der Waals surface area contributed by atoms with E-state index in [1.165, 1.54) is 0 Å². The van der Waals surface area contributed by atoms with Crippen LogP contribution < -0.4 is 0 Å². The Morgan fingerprint density at radius 3 is 1.33 bits per heavy atom. The molecule has 4 N–H and O–H groups in total. The first-order chi connectivity index (χ1) is 4.71. The van der Waals surface area contributed by atoms with Gasteiger partial charge in [0.1, 0.15) is 0 Å². The van der Waals surface area contributed by atoms with E-state index < -0.39 is 22.4 Å². The number of hydrogen-bond donors (Lipinski definition) is 4. The molecule has 0 aliphatic rings. The molecule has 0 atom stereocenters. The Kier molecular flexibility index (Phi) is 7.64. The molecule has 0 unspecified atom stereocenters. The Morgan fingerprint density at radius 1 is 0.917 bits per heavy atom. The maximum absolute atomic E-state index is 9.86. The Bertz CT molecular complexity index is 179. The van der Waals surface area contributed by atoms with E-state index >= 15 is 0 Å². The monoisotopic (exact) mass is 232 g/mol. The van der Waals surface area contributed by atoms with Gasteiger partial charge >= 0.3 is 45.2 Å². The fourth-order valence-corrected chi connectivity index (χ4v) is 0.624. The van der Waals surface area contributed by atoms with Crippen molar-refractivity contribution in [2.24, 2.45) is 0 Å². The predicted molar refractivity (Wildman–Crippen MR) is 38.3 cm³/mol. The van der Waals surface area contributed by atoms with Crippen molar-refractivity contribution >= 4 is 45.2 Å². The molecule has 0 rings (SSSR count). The number of phosphoric acid groups is 2. The van der Waals surface area contributed by atoms with Gasteiger partial charge in [-0.3, -0.25) is 9.05 Å². The molecule has 8 nitrogen and oxygen atoms in total. The molecule has 0 radical (unpaired) electrons. The zero-order valence-electron chi connectivity index (χ0n) is 5.02. The van der Waals surface area contributed by atoms with Crippen molar-refractivity contribution < 1.29 is 37.8 Å². The molecule has 0 saturated heterocycles. The number of phosphoric ester groups is 2. The average Bonchev–Trinajstić information content (AvgIpc) is 1.55. The maximum atomic E-state index is 9.86.